The molecule has 3 rings (SSSR count). The van der Waals surface area contributed by atoms with E-state index in [1.807, 2.05) is 38.1 Å². The first kappa shape index (κ1) is 26.8. The average molecular weight is 449 g/mol. The highest BCUT2D eigenvalue weighted by molar-refractivity contribution is 5.94. The molecular formula is C22H32N4O6. The molecule has 10 heteroatoms. The fourth-order valence-corrected chi connectivity index (χ4v) is 3.60. The maximum Gasteiger partial charge on any atom is 0.290 e. The first-order valence-corrected chi connectivity index (χ1v) is 10.3. The number of carbonyl (C=O) groups is 3. The smallest absolute Gasteiger partial charge is 0.290 e. The Labute approximate surface area is 187 Å². The molecule has 176 valence electrons. The number of aliphatic hydroxyl groups excluding tert-OH is 1. The summed E-state index contributed by atoms with van der Waals surface area (Å²) in [5.74, 6) is 1.21. The Hall–Kier alpha value is -3.24. The number of piperidine rings is 1. The quantitative estimate of drug-likeness (QED) is 0.417. The summed E-state index contributed by atoms with van der Waals surface area (Å²) < 4.78 is 0. The number of likely N-dealkylation sites (tertiary alicyclic amines) is 1. The van der Waals surface area contributed by atoms with E-state index >= 15 is 0 Å². The molecule has 0 aliphatic carbocycles. The summed E-state index contributed by atoms with van der Waals surface area (Å²) in [6.45, 7) is 7.10. The summed E-state index contributed by atoms with van der Waals surface area (Å²) >= 11 is 0. The number of carboxylic acid groups (broad SMARTS) is 2. The van der Waals surface area contributed by atoms with Crippen LogP contribution in [0.4, 0.5) is 0 Å². The second kappa shape index (κ2) is 14.7. The van der Waals surface area contributed by atoms with Crippen molar-refractivity contribution < 1.29 is 29.7 Å². The fourth-order valence-electron chi connectivity index (χ4n) is 3.60. The van der Waals surface area contributed by atoms with E-state index < -0.39 is 0 Å². The van der Waals surface area contributed by atoms with Crippen molar-refractivity contribution in [2.45, 2.75) is 26.7 Å². The molecule has 0 radical (unpaired) electrons. The minimum absolute atomic E-state index is 0.0535. The largest absolute Gasteiger partial charge is 0.483 e. The minimum Gasteiger partial charge on any atom is -0.483 e. The number of H-pyrrole nitrogens is 1. The molecule has 1 saturated heterocycles. The van der Waals surface area contributed by atoms with E-state index in [1.54, 1.807) is 0 Å². The van der Waals surface area contributed by atoms with Gasteiger partial charge in [0.2, 0.25) is 0 Å². The first-order valence-electron chi connectivity index (χ1n) is 10.3. The number of aliphatic hydroxyl groups is 1. The van der Waals surface area contributed by atoms with Crippen LogP contribution in [0.1, 0.15) is 34.7 Å². The molecule has 5 N–H and O–H groups in total. The van der Waals surface area contributed by atoms with Gasteiger partial charge in [0.05, 0.1) is 5.69 Å². The topological polar surface area (TPSA) is 156 Å². The van der Waals surface area contributed by atoms with E-state index in [1.165, 1.54) is 0 Å². The SMILES string of the molecule is Cc1nc(-c2ccc(C(=O)NCCN3CCCC(CO)C3)cc2)c(C)[nH]1.O=CO.O=CO. The third kappa shape index (κ3) is 8.86. The van der Waals surface area contributed by atoms with E-state index in [0.29, 0.717) is 18.0 Å². The van der Waals surface area contributed by atoms with Crippen LogP contribution in [0.2, 0.25) is 0 Å². The van der Waals surface area contributed by atoms with Crippen LogP contribution < -0.4 is 5.32 Å². The summed E-state index contributed by atoms with van der Waals surface area (Å²) in [6.07, 6.45) is 2.22. The zero-order chi connectivity index (χ0) is 23.9. The molecule has 1 fully saturated rings. The van der Waals surface area contributed by atoms with E-state index in [4.69, 9.17) is 19.8 Å². The number of benzene rings is 1. The third-order valence-corrected chi connectivity index (χ3v) is 5.00. The van der Waals surface area contributed by atoms with Gasteiger partial charge in [-0.3, -0.25) is 14.4 Å². The molecule has 1 aromatic carbocycles. The molecule has 10 nitrogen and oxygen atoms in total. The van der Waals surface area contributed by atoms with Crippen LogP contribution in [-0.4, -0.2) is 81.8 Å². The van der Waals surface area contributed by atoms with E-state index in [2.05, 4.69) is 20.2 Å². The molecule has 1 aliphatic rings. The van der Waals surface area contributed by atoms with Gasteiger partial charge in [-0.1, -0.05) is 12.1 Å². The molecule has 2 heterocycles. The Bertz CT molecular complexity index is 831. The molecule has 1 amide bonds. The van der Waals surface area contributed by atoms with Crippen molar-refractivity contribution in [3.63, 3.8) is 0 Å². The molecule has 0 saturated carbocycles. The molecule has 32 heavy (non-hydrogen) atoms. The molecule has 2 aromatic rings. The second-order valence-corrected chi connectivity index (χ2v) is 7.33. The summed E-state index contributed by atoms with van der Waals surface area (Å²) in [4.78, 5) is 39.1. The van der Waals surface area contributed by atoms with Crippen LogP contribution in [0.3, 0.4) is 0 Å². The number of carbonyl (C=O) groups excluding carboxylic acids is 1. The predicted octanol–water partition coefficient (Wildman–Crippen LogP) is 1.53. The summed E-state index contributed by atoms with van der Waals surface area (Å²) in [6, 6.07) is 7.57. The predicted molar refractivity (Wildman–Crippen MR) is 119 cm³/mol. The summed E-state index contributed by atoms with van der Waals surface area (Å²) in [7, 11) is 0. The lowest BCUT2D eigenvalue weighted by atomic mass is 9.99. The Morgan fingerprint density at radius 1 is 1.22 bits per heavy atom. The maximum absolute atomic E-state index is 12.3. The molecule has 0 spiro atoms. The third-order valence-electron chi connectivity index (χ3n) is 5.00. The van der Waals surface area contributed by atoms with E-state index in [-0.39, 0.29) is 25.5 Å². The van der Waals surface area contributed by atoms with Crippen molar-refractivity contribution in [1.82, 2.24) is 20.2 Å². The standard InChI is InChI=1S/C20H28N4O2.2CH2O2/c1-14-19(23-15(2)22-14)17-5-7-18(8-6-17)20(26)21-9-11-24-10-3-4-16(12-24)13-25;2*2-1-3/h5-8,16,25H,3-4,9-13H2,1-2H3,(H,21,26)(H,22,23);2*1H,(H,2,3). The van der Waals surface area contributed by atoms with Gasteiger partial charge in [-0.25, -0.2) is 4.98 Å². The van der Waals surface area contributed by atoms with Gasteiger partial charge in [-0.2, -0.15) is 0 Å². The Morgan fingerprint density at radius 3 is 2.38 bits per heavy atom. The number of aryl methyl sites for hydroxylation is 2. The van der Waals surface area contributed by atoms with Gasteiger partial charge in [0.25, 0.3) is 18.9 Å². The Balaban J connectivity index is 0.000000769. The number of aromatic amines is 1. The number of imidazole rings is 1. The van der Waals surface area contributed by atoms with Gasteiger partial charge < -0.3 is 30.5 Å². The molecule has 1 aromatic heterocycles. The van der Waals surface area contributed by atoms with Crippen molar-refractivity contribution in [2.24, 2.45) is 5.92 Å². The number of aromatic nitrogens is 2. The molecular weight excluding hydrogens is 416 g/mol. The Kier molecular flexibility index (Phi) is 12.3. The number of amides is 1. The van der Waals surface area contributed by atoms with Crippen molar-refractivity contribution in [3.8, 4) is 11.3 Å². The summed E-state index contributed by atoms with van der Waals surface area (Å²) in [5.41, 5.74) is 3.62. The van der Waals surface area contributed by atoms with Crippen molar-refractivity contribution in [1.29, 1.82) is 0 Å². The van der Waals surface area contributed by atoms with Crippen molar-refractivity contribution >= 4 is 18.9 Å². The van der Waals surface area contributed by atoms with Gasteiger partial charge in [0.1, 0.15) is 5.82 Å². The molecule has 0 bridgehead atoms. The lowest BCUT2D eigenvalue weighted by Gasteiger charge is -2.31. The van der Waals surface area contributed by atoms with Gasteiger partial charge in [-0.15, -0.1) is 0 Å². The highest BCUT2D eigenvalue weighted by atomic mass is 16.3. The van der Waals surface area contributed by atoms with Crippen molar-refractivity contribution in [2.75, 3.05) is 32.8 Å². The number of nitrogens with one attached hydrogen (secondary N) is 2. The molecule has 1 aliphatic heterocycles. The monoisotopic (exact) mass is 448 g/mol. The maximum atomic E-state index is 12.3. The zero-order valence-corrected chi connectivity index (χ0v) is 18.5. The first-order chi connectivity index (χ1) is 15.4. The minimum atomic E-state index is -0.250. The van der Waals surface area contributed by atoms with Crippen molar-refractivity contribution in [3.05, 3.63) is 41.3 Å². The lowest BCUT2D eigenvalue weighted by molar-refractivity contribution is -0.123. The zero-order valence-electron chi connectivity index (χ0n) is 18.5. The normalized spacial score (nSPS) is 15.4. The fraction of sp³-hybridized carbons (Fsp3) is 0.455. The van der Waals surface area contributed by atoms with Crippen LogP contribution in [-0.2, 0) is 9.59 Å². The number of hydrogen-bond donors (Lipinski definition) is 5. The van der Waals surface area contributed by atoms with Crippen LogP contribution >= 0.6 is 0 Å². The van der Waals surface area contributed by atoms with Gasteiger partial charge in [-0.05, 0) is 51.3 Å². The molecule has 1 unspecified atom stereocenters. The number of hydrogen-bond acceptors (Lipinski definition) is 6. The lowest BCUT2D eigenvalue weighted by Crippen LogP contribution is -2.41. The Morgan fingerprint density at radius 2 is 1.84 bits per heavy atom. The number of nitrogens with zero attached hydrogens (tertiary/aromatic N) is 2. The van der Waals surface area contributed by atoms with Crippen LogP contribution in [0.25, 0.3) is 11.3 Å². The van der Waals surface area contributed by atoms with Gasteiger partial charge in [0.15, 0.2) is 0 Å². The second-order valence-electron chi connectivity index (χ2n) is 7.33. The highest BCUT2D eigenvalue weighted by Gasteiger charge is 2.18. The summed E-state index contributed by atoms with van der Waals surface area (Å²) in [5, 5.41) is 26.1. The van der Waals surface area contributed by atoms with E-state index in [0.717, 1.165) is 55.3 Å². The number of rotatable bonds is 6. The van der Waals surface area contributed by atoms with Crippen LogP contribution in [0.5, 0.6) is 0 Å². The highest BCUT2D eigenvalue weighted by Crippen LogP contribution is 2.21. The average Bonchev–Trinajstić information content (AvgIpc) is 3.13. The van der Waals surface area contributed by atoms with Gasteiger partial charge >= 0.3 is 0 Å². The van der Waals surface area contributed by atoms with Crippen LogP contribution in [0.15, 0.2) is 24.3 Å². The van der Waals surface area contributed by atoms with Gasteiger partial charge in [0, 0.05) is 43.1 Å². The van der Waals surface area contributed by atoms with Crippen LogP contribution in [0, 0.1) is 19.8 Å². The molecule has 1 atom stereocenters. The van der Waals surface area contributed by atoms with E-state index in [9.17, 15) is 9.90 Å².